The quantitative estimate of drug-likeness (QED) is 0.229. The number of piperidine rings is 1. The maximum atomic E-state index is 13.1. The van der Waals surface area contributed by atoms with E-state index in [2.05, 4.69) is 4.90 Å². The Hall–Kier alpha value is -3.89. The van der Waals surface area contributed by atoms with Crippen LogP contribution in [0.15, 0.2) is 54.3 Å². The minimum atomic E-state index is -1.23. The molecule has 10 nitrogen and oxygen atoms in total. The third-order valence-electron chi connectivity index (χ3n) is 9.63. The lowest BCUT2D eigenvalue weighted by molar-refractivity contribution is -0.171. The molecule has 2 bridgehead atoms. The minimum Gasteiger partial charge on any atom is -0.493 e. The fraction of sp³-hybridized carbons (Fsp3) is 0.500. The van der Waals surface area contributed by atoms with E-state index in [1.54, 1.807) is 43.5 Å². The Labute approximate surface area is 256 Å². The molecule has 2 heterocycles. The number of hydrogen-bond acceptors (Lipinski definition) is 10. The topological polar surface area (TPSA) is 121 Å². The Kier molecular flexibility index (Phi) is 8.15. The first kappa shape index (κ1) is 30.1. The number of ether oxygens (including phenoxy) is 5. The largest absolute Gasteiger partial charge is 0.493 e. The smallest absolute Gasteiger partial charge is 0.352 e. The lowest BCUT2D eigenvalue weighted by Gasteiger charge is -2.61. The number of aliphatic hydroxyl groups is 1. The van der Waals surface area contributed by atoms with Crippen molar-refractivity contribution in [2.45, 2.75) is 81.1 Å². The molecule has 10 heteroatoms. The van der Waals surface area contributed by atoms with Crippen molar-refractivity contribution in [3.05, 3.63) is 71.0 Å². The number of hydrogen-bond donors (Lipinski definition) is 1. The Balaban J connectivity index is 1.16. The molecule has 4 aliphatic rings. The van der Waals surface area contributed by atoms with Gasteiger partial charge in [-0.1, -0.05) is 49.7 Å². The van der Waals surface area contributed by atoms with Crippen LogP contribution in [0.25, 0.3) is 0 Å². The molecule has 1 N–H and O–H groups in total. The van der Waals surface area contributed by atoms with Crippen molar-refractivity contribution in [2.75, 3.05) is 27.3 Å². The van der Waals surface area contributed by atoms with Gasteiger partial charge in [0.25, 0.3) is 0 Å². The van der Waals surface area contributed by atoms with Crippen LogP contribution in [0.5, 0.6) is 11.5 Å². The normalized spacial score (nSPS) is 26.9. The van der Waals surface area contributed by atoms with Gasteiger partial charge in [-0.3, -0.25) is 9.59 Å². The van der Waals surface area contributed by atoms with Crippen LogP contribution in [-0.4, -0.2) is 73.0 Å². The van der Waals surface area contributed by atoms with Crippen molar-refractivity contribution in [3.63, 3.8) is 0 Å². The molecule has 2 aromatic rings. The number of carbonyl (C=O) groups is 3. The van der Waals surface area contributed by atoms with E-state index in [-0.39, 0.29) is 25.5 Å². The van der Waals surface area contributed by atoms with Crippen LogP contribution in [0.2, 0.25) is 0 Å². The molecular formula is C34H39NO9. The summed E-state index contributed by atoms with van der Waals surface area (Å²) < 4.78 is 28.8. The molecule has 0 amide bonds. The molecule has 2 aliphatic heterocycles. The third-order valence-corrected chi connectivity index (χ3v) is 9.63. The maximum Gasteiger partial charge on any atom is 0.352 e. The standard InChI is InChI=1S/C34H39NO9/c1-4-5-19-41-32(38)29(21-9-7-6-8-10-21)43-27(37)14-13-26(36)42-24-15-16-34(39)25-20-22-11-12-23(40-3)30-28(22)33(34,31(24)44-30)17-18-35(25)2/h6-12,15,25,29,31,39H,4-5,13-14,16-20H2,1-3H3/t25-,29+,31+,33+,34-/m1/s1. The Bertz CT molecular complexity index is 1470. The van der Waals surface area contributed by atoms with Gasteiger partial charge in [-0.2, -0.15) is 0 Å². The van der Waals surface area contributed by atoms with Gasteiger partial charge in [0.05, 0.1) is 37.6 Å². The summed E-state index contributed by atoms with van der Waals surface area (Å²) in [5.74, 6) is -0.536. The van der Waals surface area contributed by atoms with Crippen molar-refractivity contribution >= 4 is 17.9 Å². The van der Waals surface area contributed by atoms with Crippen molar-refractivity contribution in [1.29, 1.82) is 0 Å². The molecule has 44 heavy (non-hydrogen) atoms. The van der Waals surface area contributed by atoms with E-state index in [1.165, 1.54) is 0 Å². The second-order valence-corrected chi connectivity index (χ2v) is 12.1. The van der Waals surface area contributed by atoms with E-state index in [4.69, 9.17) is 23.7 Å². The molecule has 1 fully saturated rings. The number of benzene rings is 2. The third kappa shape index (κ3) is 4.84. The van der Waals surface area contributed by atoms with Crippen LogP contribution >= 0.6 is 0 Å². The van der Waals surface area contributed by atoms with E-state index >= 15 is 0 Å². The highest BCUT2D eigenvalue weighted by Gasteiger charge is 2.72. The van der Waals surface area contributed by atoms with Gasteiger partial charge in [0.15, 0.2) is 17.6 Å². The first-order valence-electron chi connectivity index (χ1n) is 15.3. The summed E-state index contributed by atoms with van der Waals surface area (Å²) in [6.07, 6.45) is 2.38. The van der Waals surface area contributed by atoms with Gasteiger partial charge in [0, 0.05) is 23.6 Å². The molecule has 1 saturated heterocycles. The average molecular weight is 606 g/mol. The van der Waals surface area contributed by atoms with Crippen LogP contribution in [0, 0.1) is 0 Å². The zero-order chi connectivity index (χ0) is 31.1. The molecule has 0 radical (unpaired) electrons. The van der Waals surface area contributed by atoms with E-state index in [9.17, 15) is 19.5 Å². The molecule has 5 atom stereocenters. The van der Waals surface area contributed by atoms with Crippen LogP contribution in [0.4, 0.5) is 0 Å². The van der Waals surface area contributed by atoms with Crippen LogP contribution in [0.3, 0.4) is 0 Å². The SMILES string of the molecule is CCCCOC(=O)[C@@H](OC(=O)CCC(=O)OC1=CC[C@@]2(O)[C@H]3Cc4ccc(OC)c5c4[C@@]2(CCN3C)[C@H]1O5)c1ccccc1. The monoisotopic (exact) mass is 605 g/mol. The fourth-order valence-corrected chi connectivity index (χ4v) is 7.44. The number of likely N-dealkylation sites (tertiary alicyclic amines) is 1. The molecule has 2 aliphatic carbocycles. The van der Waals surface area contributed by atoms with Gasteiger partial charge >= 0.3 is 17.9 Å². The van der Waals surface area contributed by atoms with Gasteiger partial charge in [-0.25, -0.2) is 4.79 Å². The maximum absolute atomic E-state index is 13.1. The number of carbonyl (C=O) groups excluding carboxylic acids is 3. The highest BCUT2D eigenvalue weighted by atomic mass is 16.6. The van der Waals surface area contributed by atoms with Crippen LogP contribution in [0.1, 0.15) is 68.2 Å². The van der Waals surface area contributed by atoms with Gasteiger partial charge in [-0.15, -0.1) is 0 Å². The number of esters is 3. The van der Waals surface area contributed by atoms with Crippen molar-refractivity contribution < 1.29 is 43.2 Å². The lowest BCUT2D eigenvalue weighted by atomic mass is 9.50. The number of unbranched alkanes of at least 4 members (excludes halogenated alkanes) is 1. The summed E-state index contributed by atoms with van der Waals surface area (Å²) in [6, 6.07) is 12.4. The number of likely N-dealkylation sites (N-methyl/N-ethyl adjacent to an activating group) is 1. The summed E-state index contributed by atoms with van der Waals surface area (Å²) in [5.41, 5.74) is 0.609. The summed E-state index contributed by atoms with van der Waals surface area (Å²) in [5, 5.41) is 12.3. The first-order chi connectivity index (χ1) is 21.2. The Morgan fingerprint density at radius 3 is 2.64 bits per heavy atom. The second kappa shape index (κ2) is 11.9. The molecule has 2 aromatic carbocycles. The molecular weight excluding hydrogens is 566 g/mol. The predicted octanol–water partition coefficient (Wildman–Crippen LogP) is 3.92. The zero-order valence-corrected chi connectivity index (χ0v) is 25.4. The molecule has 0 aromatic heterocycles. The number of methoxy groups -OCH3 is 1. The number of rotatable bonds is 11. The Morgan fingerprint density at radius 1 is 1.11 bits per heavy atom. The van der Waals surface area contributed by atoms with Gasteiger partial charge in [0.2, 0.25) is 6.10 Å². The first-order valence-corrected chi connectivity index (χ1v) is 15.3. The highest BCUT2D eigenvalue weighted by Crippen LogP contribution is 2.65. The van der Waals surface area contributed by atoms with E-state index in [1.807, 2.05) is 26.1 Å². The molecule has 234 valence electrons. The second-order valence-electron chi connectivity index (χ2n) is 12.1. The molecule has 1 spiro atoms. The highest BCUT2D eigenvalue weighted by molar-refractivity contribution is 5.83. The van der Waals surface area contributed by atoms with Crippen molar-refractivity contribution in [2.24, 2.45) is 0 Å². The molecule has 0 unspecified atom stereocenters. The summed E-state index contributed by atoms with van der Waals surface area (Å²) in [6.45, 7) is 2.96. The summed E-state index contributed by atoms with van der Waals surface area (Å²) in [7, 11) is 3.61. The van der Waals surface area contributed by atoms with E-state index in [0.717, 1.165) is 24.1 Å². The van der Waals surface area contributed by atoms with Gasteiger partial charge in [0.1, 0.15) is 5.76 Å². The Morgan fingerprint density at radius 2 is 1.89 bits per heavy atom. The lowest BCUT2D eigenvalue weighted by Crippen LogP contribution is -2.74. The zero-order valence-electron chi connectivity index (χ0n) is 25.4. The van der Waals surface area contributed by atoms with Gasteiger partial charge in [-0.05, 0) is 50.6 Å². The summed E-state index contributed by atoms with van der Waals surface area (Å²) in [4.78, 5) is 40.9. The minimum absolute atomic E-state index is 0.122. The molecule has 6 rings (SSSR count). The van der Waals surface area contributed by atoms with Crippen LogP contribution in [-0.2, 0) is 40.4 Å². The van der Waals surface area contributed by atoms with Gasteiger partial charge < -0.3 is 33.7 Å². The van der Waals surface area contributed by atoms with Crippen LogP contribution < -0.4 is 9.47 Å². The average Bonchev–Trinajstić information content (AvgIpc) is 3.38. The van der Waals surface area contributed by atoms with E-state index < -0.39 is 41.1 Å². The fourth-order valence-electron chi connectivity index (χ4n) is 7.44. The molecule has 0 saturated carbocycles. The van der Waals surface area contributed by atoms with E-state index in [0.29, 0.717) is 48.5 Å². The summed E-state index contributed by atoms with van der Waals surface area (Å²) >= 11 is 0. The van der Waals surface area contributed by atoms with Crippen molar-refractivity contribution in [1.82, 2.24) is 4.90 Å². The van der Waals surface area contributed by atoms with Crippen molar-refractivity contribution in [3.8, 4) is 11.5 Å². The number of nitrogens with zero attached hydrogens (tertiary/aromatic N) is 1. The predicted molar refractivity (Wildman–Crippen MR) is 158 cm³/mol.